The molecule has 0 saturated carbocycles. The molecule has 130 valence electrons. The second-order valence-electron chi connectivity index (χ2n) is 4.46. The lowest BCUT2D eigenvalue weighted by molar-refractivity contribution is -0.189. The van der Waals surface area contributed by atoms with Crippen molar-refractivity contribution in [3.8, 4) is 11.5 Å². The van der Waals surface area contributed by atoms with Gasteiger partial charge in [-0.2, -0.15) is 26.3 Å². The predicted molar refractivity (Wildman–Crippen MR) is 71.1 cm³/mol. The standard InChI is InChI=1S/C14H8F6O3P/c15-13(16,17)9-3-1-5-11(7-9)22-24(21)23-12-6-2-4-10(8-12)14(18,19)20/h1-8H/q-1. The van der Waals surface area contributed by atoms with Crippen molar-refractivity contribution in [2.24, 2.45) is 0 Å². The Morgan fingerprint density at radius 1 is 0.708 bits per heavy atom. The molecule has 0 aliphatic carbocycles. The van der Waals surface area contributed by atoms with Crippen LogP contribution in [0.5, 0.6) is 11.5 Å². The van der Waals surface area contributed by atoms with Crippen molar-refractivity contribution in [2.75, 3.05) is 0 Å². The lowest BCUT2D eigenvalue weighted by atomic mass is 10.2. The largest absolute Gasteiger partial charge is 0.765 e. The fraction of sp³-hybridized carbons (Fsp3) is 0.143. The van der Waals surface area contributed by atoms with Crippen molar-refractivity contribution < 1.29 is 40.3 Å². The van der Waals surface area contributed by atoms with Crippen LogP contribution in [0.2, 0.25) is 0 Å². The zero-order valence-corrected chi connectivity index (χ0v) is 12.5. The molecule has 0 fully saturated rings. The van der Waals surface area contributed by atoms with Crippen LogP contribution in [0.3, 0.4) is 0 Å². The number of alkyl halides is 6. The summed E-state index contributed by atoms with van der Waals surface area (Å²) in [7, 11) is -3.01. The van der Waals surface area contributed by atoms with Crippen LogP contribution in [0.15, 0.2) is 48.5 Å². The molecule has 2 aromatic rings. The van der Waals surface area contributed by atoms with Gasteiger partial charge in [0.05, 0.1) is 11.1 Å². The maximum atomic E-state index is 12.5. The third kappa shape index (κ3) is 5.01. The molecule has 0 heterocycles. The van der Waals surface area contributed by atoms with Crippen molar-refractivity contribution in [1.82, 2.24) is 0 Å². The average molecular weight is 369 g/mol. The van der Waals surface area contributed by atoms with Gasteiger partial charge in [0.2, 0.25) is 8.60 Å². The fourth-order valence-electron chi connectivity index (χ4n) is 1.65. The van der Waals surface area contributed by atoms with Crippen molar-refractivity contribution >= 4 is 8.60 Å². The maximum absolute atomic E-state index is 12.5. The molecule has 0 spiro atoms. The molecule has 0 aliphatic rings. The van der Waals surface area contributed by atoms with Gasteiger partial charge >= 0.3 is 12.4 Å². The Morgan fingerprint density at radius 2 is 1.08 bits per heavy atom. The summed E-state index contributed by atoms with van der Waals surface area (Å²) in [4.78, 5) is 11.6. The van der Waals surface area contributed by atoms with Gasteiger partial charge in [-0.15, -0.1) is 0 Å². The monoisotopic (exact) mass is 369 g/mol. The number of benzene rings is 2. The smallest absolute Gasteiger partial charge is 0.416 e. The van der Waals surface area contributed by atoms with Crippen molar-refractivity contribution in [3.05, 3.63) is 59.7 Å². The third-order valence-corrected chi connectivity index (χ3v) is 3.40. The van der Waals surface area contributed by atoms with Gasteiger partial charge in [-0.25, -0.2) is 0 Å². The molecule has 24 heavy (non-hydrogen) atoms. The summed E-state index contributed by atoms with van der Waals surface area (Å²) in [5.41, 5.74) is -2.05. The molecule has 0 unspecified atom stereocenters. The summed E-state index contributed by atoms with van der Waals surface area (Å²) >= 11 is 0. The molecule has 2 rings (SSSR count). The van der Waals surface area contributed by atoms with E-state index in [0.29, 0.717) is 12.1 Å². The number of hydrogen-bond donors (Lipinski definition) is 0. The molecular formula is C14H8F6O3P-. The Balaban J connectivity index is 2.08. The molecular weight excluding hydrogens is 361 g/mol. The summed E-state index contributed by atoms with van der Waals surface area (Å²) in [6, 6.07) is 7.06. The Hall–Kier alpha value is -1.99. The normalized spacial score (nSPS) is 12.3. The molecule has 2 aromatic carbocycles. The highest BCUT2D eigenvalue weighted by Crippen LogP contribution is 2.38. The van der Waals surface area contributed by atoms with Crippen LogP contribution in [-0.2, 0) is 12.4 Å². The fourth-order valence-corrected chi connectivity index (χ4v) is 2.26. The lowest BCUT2D eigenvalue weighted by Gasteiger charge is -2.23. The second-order valence-corrected chi connectivity index (χ2v) is 5.27. The van der Waals surface area contributed by atoms with Crippen LogP contribution in [0, 0.1) is 0 Å². The van der Waals surface area contributed by atoms with Gasteiger partial charge < -0.3 is 13.9 Å². The Kier molecular flexibility index (Phi) is 5.25. The molecule has 0 atom stereocenters. The van der Waals surface area contributed by atoms with E-state index in [-0.39, 0.29) is 0 Å². The number of halogens is 6. The first-order chi connectivity index (χ1) is 11.1. The minimum atomic E-state index is -4.62. The quantitative estimate of drug-likeness (QED) is 0.576. The van der Waals surface area contributed by atoms with E-state index < -0.39 is 43.6 Å². The van der Waals surface area contributed by atoms with E-state index >= 15 is 0 Å². The van der Waals surface area contributed by atoms with Crippen LogP contribution in [-0.4, -0.2) is 0 Å². The van der Waals surface area contributed by atoms with E-state index in [4.69, 9.17) is 0 Å². The number of hydrogen-bond acceptors (Lipinski definition) is 3. The van der Waals surface area contributed by atoms with Gasteiger partial charge in [-0.05, 0) is 36.4 Å². The average Bonchev–Trinajstić information content (AvgIpc) is 2.46. The van der Waals surface area contributed by atoms with Crippen molar-refractivity contribution in [3.63, 3.8) is 0 Å². The predicted octanol–water partition coefficient (Wildman–Crippen LogP) is 4.77. The maximum Gasteiger partial charge on any atom is 0.416 e. The molecule has 0 saturated heterocycles. The van der Waals surface area contributed by atoms with Crippen molar-refractivity contribution in [1.29, 1.82) is 0 Å². The van der Waals surface area contributed by atoms with Crippen LogP contribution in [0.1, 0.15) is 11.1 Å². The minimum absolute atomic E-state index is 0.391. The highest BCUT2D eigenvalue weighted by molar-refractivity contribution is 7.39. The summed E-state index contributed by atoms with van der Waals surface area (Å²) in [6.45, 7) is 0. The highest BCUT2D eigenvalue weighted by Gasteiger charge is 2.31. The van der Waals surface area contributed by atoms with Crippen LogP contribution >= 0.6 is 8.60 Å². The van der Waals surface area contributed by atoms with Gasteiger partial charge in [0.15, 0.2) is 0 Å². The highest BCUT2D eigenvalue weighted by atomic mass is 31.2. The summed E-state index contributed by atoms with van der Waals surface area (Å²) in [5, 5.41) is 0. The van der Waals surface area contributed by atoms with Crippen LogP contribution < -0.4 is 13.9 Å². The zero-order valence-electron chi connectivity index (χ0n) is 11.6. The van der Waals surface area contributed by atoms with E-state index in [1.165, 1.54) is 0 Å². The summed E-state index contributed by atoms with van der Waals surface area (Å²) < 4.78 is 84.6. The summed E-state index contributed by atoms with van der Waals surface area (Å²) in [6.07, 6.45) is -9.24. The lowest BCUT2D eigenvalue weighted by Crippen LogP contribution is -2.10. The second kappa shape index (κ2) is 6.86. The van der Waals surface area contributed by atoms with Crippen LogP contribution in [0.4, 0.5) is 26.3 Å². The summed E-state index contributed by atoms with van der Waals surface area (Å²) in [5.74, 6) is -0.782. The SMILES string of the molecule is [O-]P(Oc1cccc(C(F)(F)F)c1)Oc1cccc(C(F)(F)F)c1. The van der Waals surface area contributed by atoms with Gasteiger partial charge in [0.25, 0.3) is 0 Å². The zero-order chi connectivity index (χ0) is 18.0. The van der Waals surface area contributed by atoms with Gasteiger partial charge in [-0.1, -0.05) is 12.1 Å². The molecule has 0 N–H and O–H groups in total. The Bertz CT molecular complexity index is 642. The van der Waals surface area contributed by atoms with E-state index in [9.17, 15) is 31.2 Å². The molecule has 10 heteroatoms. The Morgan fingerprint density at radius 3 is 1.42 bits per heavy atom. The van der Waals surface area contributed by atoms with Gasteiger partial charge in [0, 0.05) is 0 Å². The first-order valence-electron chi connectivity index (χ1n) is 6.23. The van der Waals surface area contributed by atoms with E-state index in [1.807, 2.05) is 0 Å². The first-order valence-corrected chi connectivity index (χ1v) is 7.33. The topological polar surface area (TPSA) is 41.5 Å². The molecule has 0 bridgehead atoms. The first kappa shape index (κ1) is 18.4. The minimum Gasteiger partial charge on any atom is -0.765 e. The third-order valence-electron chi connectivity index (χ3n) is 2.68. The van der Waals surface area contributed by atoms with E-state index in [1.54, 1.807) is 0 Å². The van der Waals surface area contributed by atoms with Gasteiger partial charge in [0.1, 0.15) is 11.5 Å². The molecule has 0 amide bonds. The number of rotatable bonds is 4. The van der Waals surface area contributed by atoms with E-state index in [0.717, 1.165) is 36.4 Å². The molecule has 0 aromatic heterocycles. The Labute approximate surface area is 133 Å². The van der Waals surface area contributed by atoms with E-state index in [2.05, 4.69) is 9.05 Å². The molecule has 3 nitrogen and oxygen atoms in total. The van der Waals surface area contributed by atoms with Crippen LogP contribution in [0.25, 0.3) is 0 Å². The van der Waals surface area contributed by atoms with Gasteiger partial charge in [-0.3, -0.25) is 0 Å². The molecule has 0 aliphatic heterocycles. The molecule has 0 radical (unpaired) electrons. The van der Waals surface area contributed by atoms with Crippen molar-refractivity contribution in [2.45, 2.75) is 12.4 Å².